The maximum Gasteiger partial charge on any atom is 0.247 e. The molecule has 3 rings (SSSR count). The highest BCUT2D eigenvalue weighted by Crippen LogP contribution is 2.32. The van der Waals surface area contributed by atoms with E-state index in [9.17, 15) is 4.79 Å². The largest absolute Gasteiger partial charge is 0.490 e. The molecular formula is C26H31ClN4O3. The van der Waals surface area contributed by atoms with Gasteiger partial charge in [0.25, 0.3) is 0 Å². The lowest BCUT2D eigenvalue weighted by Gasteiger charge is -2.22. The number of rotatable bonds is 11. The normalized spacial score (nSPS) is 11.0. The van der Waals surface area contributed by atoms with Crippen molar-refractivity contribution >= 4 is 29.8 Å². The molecule has 0 bridgehead atoms. The number of carbonyl (C=O) groups is 1. The van der Waals surface area contributed by atoms with Gasteiger partial charge in [0.05, 0.1) is 13.2 Å². The van der Waals surface area contributed by atoms with E-state index in [2.05, 4.69) is 10.6 Å². The lowest BCUT2D eigenvalue weighted by Crippen LogP contribution is -2.33. The Morgan fingerprint density at radius 2 is 1.59 bits per heavy atom. The Kier molecular flexibility index (Phi) is 10.2. The van der Waals surface area contributed by atoms with Crippen molar-refractivity contribution in [2.24, 2.45) is 5.73 Å². The molecule has 1 atom stereocenters. The molecule has 5 N–H and O–H groups in total. The van der Waals surface area contributed by atoms with Crippen LogP contribution in [0.4, 0.5) is 5.69 Å². The number of anilines is 1. The molecule has 34 heavy (non-hydrogen) atoms. The zero-order valence-electron chi connectivity index (χ0n) is 19.3. The molecule has 0 radical (unpaired) electrons. The molecule has 0 saturated heterocycles. The number of benzene rings is 3. The number of nitrogens with two attached hydrogens (primary N) is 1. The molecule has 0 saturated carbocycles. The van der Waals surface area contributed by atoms with Crippen LogP contribution in [0.15, 0.2) is 72.8 Å². The van der Waals surface area contributed by atoms with Crippen molar-refractivity contribution < 1.29 is 14.3 Å². The number of halogens is 1. The van der Waals surface area contributed by atoms with E-state index in [-0.39, 0.29) is 24.1 Å². The third-order valence-electron chi connectivity index (χ3n) is 4.98. The summed E-state index contributed by atoms with van der Waals surface area (Å²) in [5.41, 5.74) is 8.65. The molecule has 7 nitrogen and oxygen atoms in total. The quantitative estimate of drug-likeness (QED) is 0.235. The van der Waals surface area contributed by atoms with Crippen LogP contribution in [0.3, 0.4) is 0 Å². The summed E-state index contributed by atoms with van der Waals surface area (Å²) in [5, 5.41) is 13.9. The number of hydrogen-bond donors (Lipinski definition) is 4. The van der Waals surface area contributed by atoms with E-state index >= 15 is 0 Å². The van der Waals surface area contributed by atoms with E-state index in [0.29, 0.717) is 36.8 Å². The van der Waals surface area contributed by atoms with E-state index in [4.69, 9.17) is 20.6 Å². The maximum atomic E-state index is 13.3. The molecule has 8 heteroatoms. The van der Waals surface area contributed by atoms with Crippen LogP contribution in [0.2, 0.25) is 0 Å². The predicted octanol–water partition coefficient (Wildman–Crippen LogP) is 4.66. The molecule has 0 fully saturated rings. The summed E-state index contributed by atoms with van der Waals surface area (Å²) < 4.78 is 11.4. The van der Waals surface area contributed by atoms with Crippen LogP contribution in [0.1, 0.15) is 36.6 Å². The van der Waals surface area contributed by atoms with Gasteiger partial charge in [-0.05, 0) is 61.4 Å². The van der Waals surface area contributed by atoms with Gasteiger partial charge in [-0.3, -0.25) is 10.2 Å². The number of nitrogens with one attached hydrogen (secondary N) is 3. The molecule has 0 spiro atoms. The highest BCUT2D eigenvalue weighted by atomic mass is 35.5. The van der Waals surface area contributed by atoms with Crippen LogP contribution in [0.5, 0.6) is 11.5 Å². The minimum absolute atomic E-state index is 0. The van der Waals surface area contributed by atoms with Gasteiger partial charge in [0.2, 0.25) is 5.91 Å². The SMILES string of the molecule is CCOc1ccc([C@H](Nc2ccc(C(=N)N)cc2)C(=O)NCc2ccccc2)cc1OCC.Cl. The standard InChI is InChI=1S/C26H30N4O3.ClH/c1-3-32-22-15-12-20(16-23(22)33-4-2)24(26(31)29-17-18-8-6-5-7-9-18)30-21-13-10-19(11-14-21)25(27)28;/h5-16,24,30H,3-4,17H2,1-2H3,(H3,27,28)(H,29,31);1H/t24-;/m0./s1. The second kappa shape index (κ2) is 13.1. The second-order valence-electron chi connectivity index (χ2n) is 7.34. The van der Waals surface area contributed by atoms with Crippen molar-refractivity contribution in [1.29, 1.82) is 5.41 Å². The number of ether oxygens (including phenoxy) is 2. The minimum atomic E-state index is -0.674. The fourth-order valence-electron chi connectivity index (χ4n) is 3.35. The Hall–Kier alpha value is -3.71. The van der Waals surface area contributed by atoms with Crippen molar-refractivity contribution in [3.63, 3.8) is 0 Å². The number of nitrogen functional groups attached to an aromatic ring is 1. The number of amides is 1. The Morgan fingerprint density at radius 1 is 0.941 bits per heavy atom. The minimum Gasteiger partial charge on any atom is -0.490 e. The molecule has 0 aliphatic carbocycles. The van der Waals surface area contributed by atoms with Gasteiger partial charge in [-0.25, -0.2) is 0 Å². The van der Waals surface area contributed by atoms with Crippen molar-refractivity contribution in [3.8, 4) is 11.5 Å². The Morgan fingerprint density at radius 3 is 2.21 bits per heavy atom. The molecule has 0 unspecified atom stereocenters. The molecule has 3 aromatic rings. The summed E-state index contributed by atoms with van der Waals surface area (Å²) in [6.45, 7) is 5.23. The van der Waals surface area contributed by atoms with Crippen molar-refractivity contribution in [2.75, 3.05) is 18.5 Å². The van der Waals surface area contributed by atoms with Crippen LogP contribution in [0, 0.1) is 5.41 Å². The van der Waals surface area contributed by atoms with Gasteiger partial charge in [-0.1, -0.05) is 36.4 Å². The first-order valence-corrected chi connectivity index (χ1v) is 10.9. The van der Waals surface area contributed by atoms with Gasteiger partial charge in [-0.15, -0.1) is 12.4 Å². The fourth-order valence-corrected chi connectivity index (χ4v) is 3.35. The Labute approximate surface area is 206 Å². The first kappa shape index (κ1) is 26.5. The Bertz CT molecular complexity index is 1080. The lowest BCUT2D eigenvalue weighted by atomic mass is 10.0. The highest BCUT2D eigenvalue weighted by molar-refractivity contribution is 5.95. The summed E-state index contributed by atoms with van der Waals surface area (Å²) in [4.78, 5) is 13.3. The maximum absolute atomic E-state index is 13.3. The molecule has 1 amide bonds. The van der Waals surface area contributed by atoms with E-state index in [0.717, 1.165) is 16.8 Å². The summed E-state index contributed by atoms with van der Waals surface area (Å²) in [5.74, 6) is 1.04. The monoisotopic (exact) mass is 482 g/mol. The molecule has 0 aromatic heterocycles. The molecule has 180 valence electrons. The molecule has 0 heterocycles. The van der Waals surface area contributed by atoms with E-state index in [1.807, 2.05) is 62.4 Å². The van der Waals surface area contributed by atoms with Gasteiger partial charge >= 0.3 is 0 Å². The second-order valence-corrected chi connectivity index (χ2v) is 7.34. The van der Waals surface area contributed by atoms with Crippen molar-refractivity contribution in [3.05, 3.63) is 89.5 Å². The average Bonchev–Trinajstić information content (AvgIpc) is 2.83. The van der Waals surface area contributed by atoms with Gasteiger partial charge in [0.1, 0.15) is 11.9 Å². The molecule has 0 aliphatic rings. The topological polar surface area (TPSA) is 109 Å². The summed E-state index contributed by atoms with van der Waals surface area (Å²) in [6, 6.07) is 21.7. The lowest BCUT2D eigenvalue weighted by molar-refractivity contribution is -0.122. The third-order valence-corrected chi connectivity index (χ3v) is 4.98. The van der Waals surface area contributed by atoms with Gasteiger partial charge < -0.3 is 25.8 Å². The van der Waals surface area contributed by atoms with Crippen LogP contribution in [-0.2, 0) is 11.3 Å². The van der Waals surface area contributed by atoms with E-state index in [1.54, 1.807) is 24.3 Å². The van der Waals surface area contributed by atoms with Crippen LogP contribution in [0.25, 0.3) is 0 Å². The van der Waals surface area contributed by atoms with Crippen LogP contribution >= 0.6 is 12.4 Å². The van der Waals surface area contributed by atoms with Gasteiger partial charge in [-0.2, -0.15) is 0 Å². The molecule has 3 aromatic carbocycles. The van der Waals surface area contributed by atoms with Crippen LogP contribution in [-0.4, -0.2) is 25.0 Å². The highest BCUT2D eigenvalue weighted by Gasteiger charge is 2.22. The van der Waals surface area contributed by atoms with Gasteiger partial charge in [0, 0.05) is 17.8 Å². The van der Waals surface area contributed by atoms with Crippen LogP contribution < -0.4 is 25.8 Å². The zero-order chi connectivity index (χ0) is 23.6. The number of hydrogen-bond acceptors (Lipinski definition) is 5. The smallest absolute Gasteiger partial charge is 0.247 e. The molecular weight excluding hydrogens is 452 g/mol. The fraction of sp³-hybridized carbons (Fsp3) is 0.231. The molecule has 0 aliphatic heterocycles. The summed E-state index contributed by atoms with van der Waals surface area (Å²) in [6.07, 6.45) is 0. The Balaban J connectivity index is 0.00000408. The number of carbonyl (C=O) groups excluding carboxylic acids is 1. The predicted molar refractivity (Wildman–Crippen MR) is 138 cm³/mol. The van der Waals surface area contributed by atoms with Gasteiger partial charge in [0.15, 0.2) is 11.5 Å². The van der Waals surface area contributed by atoms with E-state index in [1.165, 1.54) is 0 Å². The first-order chi connectivity index (χ1) is 16.0. The van der Waals surface area contributed by atoms with Crippen molar-refractivity contribution in [1.82, 2.24) is 5.32 Å². The van der Waals surface area contributed by atoms with E-state index < -0.39 is 6.04 Å². The first-order valence-electron chi connectivity index (χ1n) is 10.9. The average molecular weight is 483 g/mol. The summed E-state index contributed by atoms with van der Waals surface area (Å²) in [7, 11) is 0. The zero-order valence-corrected chi connectivity index (χ0v) is 20.2. The number of amidine groups is 1. The summed E-state index contributed by atoms with van der Waals surface area (Å²) >= 11 is 0. The van der Waals surface area contributed by atoms with Crippen molar-refractivity contribution in [2.45, 2.75) is 26.4 Å². The third kappa shape index (κ3) is 7.15.